The number of hydrogen-bond donors (Lipinski definition) is 1. The van der Waals surface area contributed by atoms with Gasteiger partial charge in [-0.25, -0.2) is 0 Å². The van der Waals surface area contributed by atoms with E-state index in [1.165, 1.54) is 31.2 Å². The molecule has 1 aliphatic rings. The van der Waals surface area contributed by atoms with Gasteiger partial charge in [-0.1, -0.05) is 43.1 Å². The van der Waals surface area contributed by atoms with Crippen LogP contribution in [0.2, 0.25) is 5.02 Å². The van der Waals surface area contributed by atoms with Gasteiger partial charge in [0.15, 0.2) is 0 Å². The summed E-state index contributed by atoms with van der Waals surface area (Å²) in [5, 5.41) is 0.858. The summed E-state index contributed by atoms with van der Waals surface area (Å²) in [6.07, 6.45) is 5.04. The van der Waals surface area contributed by atoms with Crippen molar-refractivity contribution < 1.29 is 0 Å². The second-order valence-corrected chi connectivity index (χ2v) is 7.06. The van der Waals surface area contributed by atoms with Crippen LogP contribution in [0.25, 0.3) is 0 Å². The summed E-state index contributed by atoms with van der Waals surface area (Å²) >= 11 is 6.33. The molecule has 0 aromatic heterocycles. The van der Waals surface area contributed by atoms with Crippen molar-refractivity contribution in [3.8, 4) is 0 Å². The molecule has 0 aliphatic heterocycles. The highest BCUT2D eigenvalue weighted by atomic mass is 35.5. The van der Waals surface area contributed by atoms with Crippen molar-refractivity contribution in [3.63, 3.8) is 0 Å². The standard InChI is InChI=1S/C18H29ClN2/c1-4-14-9-10-18(20)15(11-14)12-21(3)13(2)16-7-5-6-8-17(16)19/h5-8,13-15,18H,4,9-12,20H2,1-3H3. The maximum absolute atomic E-state index is 6.36. The zero-order chi connectivity index (χ0) is 15.4. The fraction of sp³-hybridized carbons (Fsp3) is 0.667. The first kappa shape index (κ1) is 16.8. The quantitative estimate of drug-likeness (QED) is 0.868. The van der Waals surface area contributed by atoms with E-state index in [1.807, 2.05) is 12.1 Å². The monoisotopic (exact) mass is 308 g/mol. The molecule has 0 saturated heterocycles. The molecule has 0 heterocycles. The molecule has 1 saturated carbocycles. The van der Waals surface area contributed by atoms with Crippen LogP contribution in [-0.4, -0.2) is 24.5 Å². The molecule has 4 unspecified atom stereocenters. The molecule has 2 rings (SSSR count). The fourth-order valence-corrected chi connectivity index (χ4v) is 3.84. The lowest BCUT2D eigenvalue weighted by Gasteiger charge is -2.38. The van der Waals surface area contributed by atoms with Crippen LogP contribution in [0, 0.1) is 11.8 Å². The highest BCUT2D eigenvalue weighted by Crippen LogP contribution is 2.33. The van der Waals surface area contributed by atoms with E-state index in [1.54, 1.807) is 0 Å². The lowest BCUT2D eigenvalue weighted by atomic mass is 9.77. The van der Waals surface area contributed by atoms with Gasteiger partial charge in [0.25, 0.3) is 0 Å². The van der Waals surface area contributed by atoms with Gasteiger partial charge in [-0.15, -0.1) is 0 Å². The molecule has 0 amide bonds. The molecule has 0 bridgehead atoms. The Labute approximate surface area is 134 Å². The number of hydrogen-bond acceptors (Lipinski definition) is 2. The van der Waals surface area contributed by atoms with Gasteiger partial charge in [-0.2, -0.15) is 0 Å². The number of nitrogens with two attached hydrogens (primary N) is 1. The van der Waals surface area contributed by atoms with Crippen LogP contribution >= 0.6 is 11.6 Å². The summed E-state index contributed by atoms with van der Waals surface area (Å²) in [4.78, 5) is 2.41. The Hall–Kier alpha value is -0.570. The smallest absolute Gasteiger partial charge is 0.0453 e. The van der Waals surface area contributed by atoms with Crippen LogP contribution in [0.4, 0.5) is 0 Å². The Morgan fingerprint density at radius 3 is 2.71 bits per heavy atom. The van der Waals surface area contributed by atoms with E-state index >= 15 is 0 Å². The maximum Gasteiger partial charge on any atom is 0.0453 e. The second-order valence-electron chi connectivity index (χ2n) is 6.65. The van der Waals surface area contributed by atoms with E-state index in [0.717, 1.165) is 17.5 Å². The lowest BCUT2D eigenvalue weighted by molar-refractivity contribution is 0.148. The van der Waals surface area contributed by atoms with Crippen molar-refractivity contribution in [2.75, 3.05) is 13.6 Å². The Morgan fingerprint density at radius 2 is 2.05 bits per heavy atom. The first-order chi connectivity index (χ1) is 10.0. The minimum Gasteiger partial charge on any atom is -0.327 e. The summed E-state index contributed by atoms with van der Waals surface area (Å²) < 4.78 is 0. The van der Waals surface area contributed by atoms with Crippen LogP contribution in [0.15, 0.2) is 24.3 Å². The van der Waals surface area contributed by atoms with Gasteiger partial charge in [0.1, 0.15) is 0 Å². The normalized spacial score (nSPS) is 27.8. The first-order valence-electron chi connectivity index (χ1n) is 8.23. The van der Waals surface area contributed by atoms with E-state index < -0.39 is 0 Å². The van der Waals surface area contributed by atoms with Crippen molar-refractivity contribution in [2.45, 2.75) is 51.6 Å². The highest BCUT2D eigenvalue weighted by molar-refractivity contribution is 6.31. The van der Waals surface area contributed by atoms with Crippen molar-refractivity contribution in [1.29, 1.82) is 0 Å². The molecule has 0 radical (unpaired) electrons. The SMILES string of the molecule is CCC1CCC(N)C(CN(C)C(C)c2ccccc2Cl)C1. The molecule has 118 valence electrons. The van der Waals surface area contributed by atoms with Crippen LogP contribution < -0.4 is 5.73 Å². The summed E-state index contributed by atoms with van der Waals surface area (Å²) in [6, 6.07) is 8.83. The van der Waals surface area contributed by atoms with Gasteiger partial charge < -0.3 is 5.73 Å². The van der Waals surface area contributed by atoms with Crippen LogP contribution in [-0.2, 0) is 0 Å². The van der Waals surface area contributed by atoms with Crippen molar-refractivity contribution in [1.82, 2.24) is 4.90 Å². The molecular formula is C18H29ClN2. The molecular weight excluding hydrogens is 280 g/mol. The maximum atomic E-state index is 6.36. The molecule has 2 nitrogen and oxygen atoms in total. The summed E-state index contributed by atoms with van der Waals surface area (Å²) in [6.45, 7) is 5.59. The lowest BCUT2D eigenvalue weighted by Crippen LogP contribution is -2.42. The van der Waals surface area contributed by atoms with Crippen molar-refractivity contribution in [3.05, 3.63) is 34.9 Å². The van der Waals surface area contributed by atoms with Gasteiger partial charge in [0, 0.05) is 23.7 Å². The van der Waals surface area contributed by atoms with E-state index in [2.05, 4.69) is 37.9 Å². The Kier molecular flexibility index (Phi) is 6.09. The fourth-order valence-electron chi connectivity index (χ4n) is 3.54. The van der Waals surface area contributed by atoms with E-state index in [-0.39, 0.29) is 0 Å². The number of halogens is 1. The van der Waals surface area contributed by atoms with Gasteiger partial charge in [0.05, 0.1) is 0 Å². The average Bonchev–Trinajstić information content (AvgIpc) is 2.49. The van der Waals surface area contributed by atoms with Gasteiger partial charge in [-0.3, -0.25) is 4.90 Å². The van der Waals surface area contributed by atoms with E-state index in [0.29, 0.717) is 18.0 Å². The number of rotatable bonds is 5. The number of benzene rings is 1. The summed E-state index contributed by atoms with van der Waals surface area (Å²) in [7, 11) is 2.19. The third kappa shape index (κ3) is 4.21. The first-order valence-corrected chi connectivity index (χ1v) is 8.61. The Morgan fingerprint density at radius 1 is 1.33 bits per heavy atom. The third-order valence-corrected chi connectivity index (χ3v) is 5.61. The topological polar surface area (TPSA) is 29.3 Å². The predicted octanol–water partition coefficient (Wildman–Crippen LogP) is 4.49. The highest BCUT2D eigenvalue weighted by Gasteiger charge is 2.29. The molecule has 0 spiro atoms. The molecule has 1 aromatic rings. The van der Waals surface area contributed by atoms with Gasteiger partial charge >= 0.3 is 0 Å². The molecule has 3 heteroatoms. The molecule has 21 heavy (non-hydrogen) atoms. The van der Waals surface area contributed by atoms with Gasteiger partial charge in [0.2, 0.25) is 0 Å². The molecule has 2 N–H and O–H groups in total. The number of nitrogens with zero attached hydrogens (tertiary/aromatic N) is 1. The van der Waals surface area contributed by atoms with Gasteiger partial charge in [-0.05, 0) is 56.7 Å². The minimum atomic E-state index is 0.327. The molecule has 1 aliphatic carbocycles. The Balaban J connectivity index is 2.00. The predicted molar refractivity (Wildman–Crippen MR) is 91.6 cm³/mol. The minimum absolute atomic E-state index is 0.327. The molecule has 1 aromatic carbocycles. The summed E-state index contributed by atoms with van der Waals surface area (Å²) in [5.41, 5.74) is 7.57. The zero-order valence-corrected chi connectivity index (χ0v) is 14.3. The largest absolute Gasteiger partial charge is 0.327 e. The van der Waals surface area contributed by atoms with Crippen molar-refractivity contribution in [2.24, 2.45) is 17.6 Å². The zero-order valence-electron chi connectivity index (χ0n) is 13.6. The van der Waals surface area contributed by atoms with E-state index in [4.69, 9.17) is 17.3 Å². The van der Waals surface area contributed by atoms with Crippen molar-refractivity contribution >= 4 is 11.6 Å². The average molecular weight is 309 g/mol. The third-order valence-electron chi connectivity index (χ3n) is 5.27. The molecule has 1 fully saturated rings. The van der Waals surface area contributed by atoms with Crippen LogP contribution in [0.5, 0.6) is 0 Å². The second kappa shape index (κ2) is 7.62. The van der Waals surface area contributed by atoms with E-state index in [9.17, 15) is 0 Å². The van der Waals surface area contributed by atoms with Crippen LogP contribution in [0.1, 0.15) is 51.1 Å². The Bertz CT molecular complexity index is 449. The summed E-state index contributed by atoms with van der Waals surface area (Å²) in [5.74, 6) is 1.47. The van der Waals surface area contributed by atoms with Crippen LogP contribution in [0.3, 0.4) is 0 Å². The molecule has 4 atom stereocenters.